The van der Waals surface area contributed by atoms with Crippen LogP contribution in [0, 0.1) is 18.3 Å². The molecular formula is C18H16N2. The number of hydrogen-bond acceptors (Lipinski definition) is 1. The summed E-state index contributed by atoms with van der Waals surface area (Å²) in [7, 11) is 0. The number of aromatic nitrogens is 1. The molecule has 0 atom stereocenters. The minimum Gasteiger partial charge on any atom is -0.358 e. The summed E-state index contributed by atoms with van der Waals surface area (Å²) in [6, 6.07) is 19.1. The first-order valence-electron chi connectivity index (χ1n) is 6.83. The predicted molar refractivity (Wildman–Crippen MR) is 82.4 cm³/mol. The van der Waals surface area contributed by atoms with Crippen LogP contribution in [0.25, 0.3) is 22.0 Å². The van der Waals surface area contributed by atoms with E-state index < -0.39 is 0 Å². The standard InChI is InChI=1S/C18H16N2/c1-13-16(8-5-11-19)17-12-15(9-10-18(17)20-13)14-6-3-2-4-7-14/h2-4,6-7,9-10,12,20H,5,8H2,1H3. The largest absolute Gasteiger partial charge is 0.358 e. The lowest BCUT2D eigenvalue weighted by molar-refractivity contribution is 1.00. The van der Waals surface area contributed by atoms with Crippen molar-refractivity contribution in [2.75, 3.05) is 0 Å². The van der Waals surface area contributed by atoms with Crippen LogP contribution in [0.4, 0.5) is 0 Å². The summed E-state index contributed by atoms with van der Waals surface area (Å²) in [6.45, 7) is 2.08. The van der Waals surface area contributed by atoms with Gasteiger partial charge in [-0.15, -0.1) is 0 Å². The molecule has 2 aromatic carbocycles. The Bertz CT molecular complexity index is 776. The lowest BCUT2D eigenvalue weighted by Crippen LogP contribution is -1.85. The fourth-order valence-corrected chi connectivity index (χ4v) is 2.70. The first kappa shape index (κ1) is 12.5. The van der Waals surface area contributed by atoms with Gasteiger partial charge in [0.15, 0.2) is 0 Å². The third kappa shape index (κ3) is 2.19. The normalized spacial score (nSPS) is 10.6. The van der Waals surface area contributed by atoms with E-state index in [0.717, 1.165) is 11.9 Å². The SMILES string of the molecule is Cc1[nH]c2ccc(-c3ccccc3)cc2c1CCC#N. The lowest BCUT2D eigenvalue weighted by atomic mass is 10.0. The van der Waals surface area contributed by atoms with Crippen molar-refractivity contribution in [1.29, 1.82) is 5.26 Å². The molecule has 0 fully saturated rings. The molecule has 2 nitrogen and oxygen atoms in total. The van der Waals surface area contributed by atoms with E-state index in [0.29, 0.717) is 6.42 Å². The van der Waals surface area contributed by atoms with E-state index in [1.54, 1.807) is 0 Å². The Balaban J connectivity index is 2.12. The molecule has 3 rings (SSSR count). The van der Waals surface area contributed by atoms with Crippen molar-refractivity contribution < 1.29 is 0 Å². The Morgan fingerprint density at radius 3 is 2.60 bits per heavy atom. The van der Waals surface area contributed by atoms with Gasteiger partial charge >= 0.3 is 0 Å². The number of hydrogen-bond donors (Lipinski definition) is 1. The molecule has 0 spiro atoms. The lowest BCUT2D eigenvalue weighted by Gasteiger charge is -2.03. The Kier molecular flexibility index (Phi) is 3.26. The number of benzene rings is 2. The second-order valence-corrected chi connectivity index (χ2v) is 5.01. The summed E-state index contributed by atoms with van der Waals surface area (Å²) in [4.78, 5) is 3.41. The monoisotopic (exact) mass is 260 g/mol. The van der Waals surface area contributed by atoms with Crippen molar-refractivity contribution in [3.8, 4) is 17.2 Å². The molecule has 1 aromatic heterocycles. The van der Waals surface area contributed by atoms with Crippen LogP contribution < -0.4 is 0 Å². The average Bonchev–Trinajstić information content (AvgIpc) is 2.80. The average molecular weight is 260 g/mol. The highest BCUT2D eigenvalue weighted by atomic mass is 14.7. The summed E-state index contributed by atoms with van der Waals surface area (Å²) in [5.74, 6) is 0. The van der Waals surface area contributed by atoms with Crippen LogP contribution in [-0.2, 0) is 6.42 Å². The van der Waals surface area contributed by atoms with Gasteiger partial charge < -0.3 is 4.98 Å². The molecular weight excluding hydrogens is 244 g/mol. The second kappa shape index (κ2) is 5.22. The van der Waals surface area contributed by atoms with Crippen LogP contribution in [0.15, 0.2) is 48.5 Å². The van der Waals surface area contributed by atoms with Gasteiger partial charge in [0.1, 0.15) is 0 Å². The highest BCUT2D eigenvalue weighted by Gasteiger charge is 2.09. The first-order valence-corrected chi connectivity index (χ1v) is 6.83. The summed E-state index contributed by atoms with van der Waals surface area (Å²) in [5.41, 5.74) is 6.02. The Hall–Kier alpha value is -2.53. The van der Waals surface area contributed by atoms with E-state index in [9.17, 15) is 0 Å². The van der Waals surface area contributed by atoms with Gasteiger partial charge in [0.05, 0.1) is 6.07 Å². The topological polar surface area (TPSA) is 39.6 Å². The van der Waals surface area contributed by atoms with Crippen LogP contribution in [0.5, 0.6) is 0 Å². The summed E-state index contributed by atoms with van der Waals surface area (Å²) >= 11 is 0. The number of nitrogens with one attached hydrogen (secondary N) is 1. The summed E-state index contributed by atoms with van der Waals surface area (Å²) in [5, 5.41) is 10.0. The first-order chi connectivity index (χ1) is 9.79. The molecule has 0 saturated heterocycles. The molecule has 3 aromatic rings. The van der Waals surface area contributed by atoms with E-state index in [4.69, 9.17) is 5.26 Å². The number of aryl methyl sites for hydroxylation is 2. The van der Waals surface area contributed by atoms with E-state index >= 15 is 0 Å². The van der Waals surface area contributed by atoms with Gasteiger partial charge in [-0.2, -0.15) is 5.26 Å². The number of aromatic amines is 1. The fourth-order valence-electron chi connectivity index (χ4n) is 2.70. The molecule has 0 aliphatic heterocycles. The number of fused-ring (bicyclic) bond motifs is 1. The number of nitriles is 1. The highest BCUT2D eigenvalue weighted by Crippen LogP contribution is 2.28. The van der Waals surface area contributed by atoms with Crippen molar-refractivity contribution in [2.24, 2.45) is 0 Å². The Morgan fingerprint density at radius 2 is 1.85 bits per heavy atom. The highest BCUT2D eigenvalue weighted by molar-refractivity contribution is 5.89. The molecule has 0 aliphatic rings. The van der Waals surface area contributed by atoms with Crippen LogP contribution in [0.1, 0.15) is 17.7 Å². The summed E-state index contributed by atoms with van der Waals surface area (Å²) in [6.07, 6.45) is 1.37. The zero-order valence-electron chi connectivity index (χ0n) is 11.5. The van der Waals surface area contributed by atoms with Crippen molar-refractivity contribution in [3.63, 3.8) is 0 Å². The van der Waals surface area contributed by atoms with Gasteiger partial charge in [0.25, 0.3) is 0 Å². The van der Waals surface area contributed by atoms with Crippen molar-refractivity contribution in [2.45, 2.75) is 19.8 Å². The predicted octanol–water partition coefficient (Wildman–Crippen LogP) is 4.60. The van der Waals surface area contributed by atoms with Gasteiger partial charge in [0, 0.05) is 23.0 Å². The molecule has 98 valence electrons. The van der Waals surface area contributed by atoms with Crippen molar-refractivity contribution in [1.82, 2.24) is 4.98 Å². The molecule has 0 aliphatic carbocycles. The molecule has 0 amide bonds. The fraction of sp³-hybridized carbons (Fsp3) is 0.167. The maximum absolute atomic E-state index is 8.80. The second-order valence-electron chi connectivity index (χ2n) is 5.01. The molecule has 1 N–H and O–H groups in total. The third-order valence-electron chi connectivity index (χ3n) is 3.71. The number of H-pyrrole nitrogens is 1. The molecule has 2 heteroatoms. The molecule has 0 bridgehead atoms. The zero-order valence-corrected chi connectivity index (χ0v) is 11.5. The smallest absolute Gasteiger partial charge is 0.0625 e. The molecule has 1 heterocycles. The van der Waals surface area contributed by atoms with Crippen LogP contribution >= 0.6 is 0 Å². The van der Waals surface area contributed by atoms with Crippen molar-refractivity contribution >= 4 is 10.9 Å². The van der Waals surface area contributed by atoms with E-state index in [-0.39, 0.29) is 0 Å². The minimum atomic E-state index is 0.559. The minimum absolute atomic E-state index is 0.559. The maximum atomic E-state index is 8.80. The van der Waals surface area contributed by atoms with Gasteiger partial charge in [-0.1, -0.05) is 36.4 Å². The Labute approximate surface area is 118 Å². The maximum Gasteiger partial charge on any atom is 0.0625 e. The molecule has 0 radical (unpaired) electrons. The number of nitrogens with zero attached hydrogens (tertiary/aromatic N) is 1. The summed E-state index contributed by atoms with van der Waals surface area (Å²) < 4.78 is 0. The zero-order chi connectivity index (χ0) is 13.9. The van der Waals surface area contributed by atoms with Crippen molar-refractivity contribution in [3.05, 3.63) is 59.8 Å². The Morgan fingerprint density at radius 1 is 1.05 bits per heavy atom. The van der Waals surface area contributed by atoms with E-state index in [2.05, 4.69) is 60.4 Å². The van der Waals surface area contributed by atoms with Gasteiger partial charge in [0.2, 0.25) is 0 Å². The van der Waals surface area contributed by atoms with Gasteiger partial charge in [-0.3, -0.25) is 0 Å². The van der Waals surface area contributed by atoms with E-state index in [1.165, 1.54) is 27.8 Å². The van der Waals surface area contributed by atoms with Gasteiger partial charge in [-0.05, 0) is 42.2 Å². The quantitative estimate of drug-likeness (QED) is 0.734. The van der Waals surface area contributed by atoms with Crippen LogP contribution in [0.2, 0.25) is 0 Å². The van der Waals surface area contributed by atoms with Gasteiger partial charge in [-0.25, -0.2) is 0 Å². The van der Waals surface area contributed by atoms with Crippen LogP contribution in [-0.4, -0.2) is 4.98 Å². The van der Waals surface area contributed by atoms with Crippen LogP contribution in [0.3, 0.4) is 0 Å². The third-order valence-corrected chi connectivity index (χ3v) is 3.71. The van der Waals surface area contributed by atoms with E-state index in [1.807, 2.05) is 6.07 Å². The molecule has 0 unspecified atom stereocenters. The molecule has 0 saturated carbocycles. The number of rotatable bonds is 3. The molecule has 20 heavy (non-hydrogen) atoms.